The lowest BCUT2D eigenvalue weighted by molar-refractivity contribution is -0.127. The Morgan fingerprint density at radius 1 is 1.05 bits per heavy atom. The Balaban J connectivity index is 1.01. The van der Waals surface area contributed by atoms with Crippen molar-refractivity contribution in [2.75, 3.05) is 44.2 Å². The van der Waals surface area contributed by atoms with Crippen LogP contribution in [-0.2, 0) is 4.79 Å². The zero-order chi connectivity index (χ0) is 27.0. The number of rotatable bonds is 12. The molecule has 3 aromatic rings. The van der Waals surface area contributed by atoms with Gasteiger partial charge in [0.25, 0.3) is 0 Å². The number of hydrogen-bond acceptors (Lipinski definition) is 8. The maximum absolute atomic E-state index is 11.7. The van der Waals surface area contributed by atoms with E-state index in [1.165, 1.54) is 16.0 Å². The molecule has 5 rings (SSSR count). The summed E-state index contributed by atoms with van der Waals surface area (Å²) in [6, 6.07) is 17.6. The van der Waals surface area contributed by atoms with E-state index < -0.39 is 0 Å². The number of carbonyl (C=O) groups is 1. The van der Waals surface area contributed by atoms with Crippen molar-refractivity contribution in [1.82, 2.24) is 19.8 Å². The van der Waals surface area contributed by atoms with Crippen LogP contribution in [0.4, 0.5) is 6.01 Å². The highest BCUT2D eigenvalue weighted by molar-refractivity contribution is 7.97. The van der Waals surface area contributed by atoms with Crippen molar-refractivity contribution in [3.8, 4) is 16.9 Å². The van der Waals surface area contributed by atoms with Crippen molar-refractivity contribution in [2.24, 2.45) is 5.92 Å². The summed E-state index contributed by atoms with van der Waals surface area (Å²) in [5.41, 5.74) is 2.36. The minimum atomic E-state index is 0.273. The Hall–Kier alpha value is -3.04. The van der Waals surface area contributed by atoms with Gasteiger partial charge in [0, 0.05) is 50.0 Å². The van der Waals surface area contributed by atoms with Gasteiger partial charge in [-0.15, -0.1) is 0 Å². The lowest BCUT2D eigenvalue weighted by Crippen LogP contribution is -2.35. The Morgan fingerprint density at radius 3 is 2.41 bits per heavy atom. The molecule has 3 heterocycles. The van der Waals surface area contributed by atoms with Gasteiger partial charge in [-0.3, -0.25) is 9.52 Å². The van der Waals surface area contributed by atoms with Crippen LogP contribution in [0.15, 0.2) is 57.9 Å². The average molecular weight is 550 g/mol. The first kappa shape index (κ1) is 27.5. The number of hydrogen-bond donors (Lipinski definition) is 1. The summed E-state index contributed by atoms with van der Waals surface area (Å²) < 4.78 is 15.0. The number of carbonyl (C=O) groups excluding carboxylic acids is 1. The molecule has 0 spiro atoms. The van der Waals surface area contributed by atoms with E-state index in [2.05, 4.69) is 82.1 Å². The number of ether oxygens (including phenoxy) is 1. The van der Waals surface area contributed by atoms with Gasteiger partial charge in [-0.25, -0.2) is 0 Å². The van der Waals surface area contributed by atoms with Crippen LogP contribution >= 0.6 is 11.9 Å². The maximum atomic E-state index is 11.7. The summed E-state index contributed by atoms with van der Waals surface area (Å²) in [5.74, 6) is 2.78. The van der Waals surface area contributed by atoms with Crippen molar-refractivity contribution in [3.05, 3.63) is 54.4 Å². The summed E-state index contributed by atoms with van der Waals surface area (Å²) in [6.45, 7) is 9.35. The lowest BCUT2D eigenvalue weighted by atomic mass is 9.98. The van der Waals surface area contributed by atoms with Crippen molar-refractivity contribution in [3.63, 3.8) is 0 Å². The molecule has 2 aromatic carbocycles. The molecule has 39 heavy (non-hydrogen) atoms. The molecule has 2 saturated heterocycles. The fourth-order valence-electron chi connectivity index (χ4n) is 4.97. The zero-order valence-corrected chi connectivity index (χ0v) is 23.8. The number of aromatic nitrogens is 2. The highest BCUT2D eigenvalue weighted by Gasteiger charge is 2.24. The first-order valence-corrected chi connectivity index (χ1v) is 15.0. The molecule has 0 atom stereocenters. The standard InChI is InChI=1S/C30H39N5O3S/c1-22(2)29-32-30(38-33-29)35-19-14-23(15-20-35)21-37-26-10-6-24(7-11-26)25-8-12-27(13-9-25)39-31-16-4-18-34-17-3-5-28(34)36/h6-13,22-23,31H,3-5,14-21H2,1-2H3. The van der Waals surface area contributed by atoms with Gasteiger partial charge in [0.2, 0.25) is 5.91 Å². The number of nitrogens with one attached hydrogen (secondary N) is 1. The molecule has 0 unspecified atom stereocenters. The number of benzene rings is 2. The van der Waals surface area contributed by atoms with Crippen molar-refractivity contribution in [1.29, 1.82) is 0 Å². The minimum absolute atomic E-state index is 0.273. The van der Waals surface area contributed by atoms with Crippen LogP contribution in [0.5, 0.6) is 5.75 Å². The Bertz CT molecular complexity index is 1190. The molecule has 0 aliphatic carbocycles. The van der Waals surface area contributed by atoms with Crippen LogP contribution < -0.4 is 14.4 Å². The topological polar surface area (TPSA) is 83.7 Å². The molecule has 9 heteroatoms. The Morgan fingerprint density at radius 2 is 1.77 bits per heavy atom. The van der Waals surface area contributed by atoms with Crippen molar-refractivity contribution in [2.45, 2.75) is 56.8 Å². The molecule has 1 aromatic heterocycles. The van der Waals surface area contributed by atoms with E-state index in [1.807, 2.05) is 4.90 Å². The monoisotopic (exact) mass is 549 g/mol. The van der Waals surface area contributed by atoms with E-state index in [4.69, 9.17) is 9.26 Å². The van der Waals surface area contributed by atoms with E-state index in [1.54, 1.807) is 11.9 Å². The molecule has 2 fully saturated rings. The van der Waals surface area contributed by atoms with E-state index in [-0.39, 0.29) is 5.92 Å². The van der Waals surface area contributed by atoms with Gasteiger partial charge >= 0.3 is 6.01 Å². The van der Waals surface area contributed by atoms with E-state index >= 15 is 0 Å². The second kappa shape index (κ2) is 13.3. The second-order valence-corrected chi connectivity index (χ2v) is 11.7. The quantitative estimate of drug-likeness (QED) is 0.225. The second-order valence-electron chi connectivity index (χ2n) is 10.7. The molecule has 2 aliphatic rings. The largest absolute Gasteiger partial charge is 0.493 e. The van der Waals surface area contributed by atoms with Crippen LogP contribution in [0, 0.1) is 5.92 Å². The predicted octanol–water partition coefficient (Wildman–Crippen LogP) is 5.76. The number of piperidine rings is 1. The molecule has 2 aliphatic heterocycles. The fourth-order valence-corrected chi connectivity index (χ4v) is 5.66. The molecular formula is C30H39N5O3S. The number of likely N-dealkylation sites (tertiary alicyclic amines) is 1. The molecule has 8 nitrogen and oxygen atoms in total. The molecule has 1 N–H and O–H groups in total. The Labute approximate surface area is 235 Å². The molecule has 1 amide bonds. The third-order valence-electron chi connectivity index (χ3n) is 7.43. The number of amides is 1. The lowest BCUT2D eigenvalue weighted by Gasteiger charge is -2.30. The van der Waals surface area contributed by atoms with Gasteiger partial charge in [-0.2, -0.15) is 4.98 Å². The average Bonchev–Trinajstić information content (AvgIpc) is 3.62. The summed E-state index contributed by atoms with van der Waals surface area (Å²) >= 11 is 1.64. The first-order chi connectivity index (χ1) is 19.0. The molecule has 0 saturated carbocycles. The highest BCUT2D eigenvalue weighted by Crippen LogP contribution is 2.27. The van der Waals surface area contributed by atoms with Crippen LogP contribution in [0.1, 0.15) is 57.7 Å². The Kier molecular flexibility index (Phi) is 9.42. The molecule has 208 valence electrons. The zero-order valence-electron chi connectivity index (χ0n) is 23.0. The molecular weight excluding hydrogens is 510 g/mol. The third kappa shape index (κ3) is 7.54. The van der Waals surface area contributed by atoms with Gasteiger partial charge in [-0.05, 0) is 78.9 Å². The number of nitrogens with zero attached hydrogens (tertiary/aromatic N) is 4. The van der Waals surface area contributed by atoms with Gasteiger partial charge < -0.3 is 19.1 Å². The van der Waals surface area contributed by atoms with E-state index in [0.29, 0.717) is 24.3 Å². The van der Waals surface area contributed by atoms with Crippen LogP contribution in [0.25, 0.3) is 11.1 Å². The SMILES string of the molecule is CC(C)c1noc(N2CCC(COc3ccc(-c4ccc(SNCCCN5CCCC5=O)cc4)cc3)CC2)n1. The number of anilines is 1. The third-order valence-corrected chi connectivity index (χ3v) is 8.28. The molecule has 0 bridgehead atoms. The van der Waals surface area contributed by atoms with E-state index in [0.717, 1.165) is 76.6 Å². The van der Waals surface area contributed by atoms with Gasteiger partial charge in [0.1, 0.15) is 5.75 Å². The van der Waals surface area contributed by atoms with Gasteiger partial charge in [0.15, 0.2) is 5.82 Å². The van der Waals surface area contributed by atoms with Crippen LogP contribution in [-0.4, -0.2) is 60.3 Å². The van der Waals surface area contributed by atoms with Crippen LogP contribution in [0.2, 0.25) is 0 Å². The first-order valence-electron chi connectivity index (χ1n) is 14.1. The van der Waals surface area contributed by atoms with Gasteiger partial charge in [0.05, 0.1) is 6.61 Å². The fraction of sp³-hybridized carbons (Fsp3) is 0.500. The highest BCUT2D eigenvalue weighted by atomic mass is 32.2. The molecule has 0 radical (unpaired) electrons. The van der Waals surface area contributed by atoms with Crippen molar-refractivity contribution >= 4 is 23.9 Å². The summed E-state index contributed by atoms with van der Waals surface area (Å²) in [4.78, 5) is 21.5. The van der Waals surface area contributed by atoms with E-state index in [9.17, 15) is 4.79 Å². The smallest absolute Gasteiger partial charge is 0.324 e. The predicted molar refractivity (Wildman–Crippen MR) is 155 cm³/mol. The summed E-state index contributed by atoms with van der Waals surface area (Å²) in [7, 11) is 0. The van der Waals surface area contributed by atoms with Crippen LogP contribution in [0.3, 0.4) is 0 Å². The summed E-state index contributed by atoms with van der Waals surface area (Å²) in [5, 5.41) is 4.08. The summed E-state index contributed by atoms with van der Waals surface area (Å²) in [6.07, 6.45) is 4.80. The van der Waals surface area contributed by atoms with Crippen molar-refractivity contribution < 1.29 is 14.1 Å². The maximum Gasteiger partial charge on any atom is 0.324 e. The minimum Gasteiger partial charge on any atom is -0.493 e. The van der Waals surface area contributed by atoms with Gasteiger partial charge in [-0.1, -0.05) is 43.3 Å². The normalized spacial score (nSPS) is 16.4.